The van der Waals surface area contributed by atoms with Crippen LogP contribution in [0.4, 0.5) is 5.69 Å². The van der Waals surface area contributed by atoms with Gasteiger partial charge in [0, 0.05) is 11.8 Å². The van der Waals surface area contributed by atoms with Gasteiger partial charge in [0.05, 0.1) is 13.7 Å². The summed E-state index contributed by atoms with van der Waals surface area (Å²) in [5.41, 5.74) is 0.600. The molecule has 3 rings (SSSR count). The van der Waals surface area contributed by atoms with Crippen LogP contribution in [0.25, 0.3) is 0 Å². The van der Waals surface area contributed by atoms with E-state index in [1.54, 1.807) is 37.4 Å². The van der Waals surface area contributed by atoms with Crippen LogP contribution in [0.1, 0.15) is 6.92 Å². The Bertz CT molecular complexity index is 731. The normalized spacial score (nSPS) is 15.5. The minimum absolute atomic E-state index is 0.164. The van der Waals surface area contributed by atoms with Crippen molar-refractivity contribution in [3.8, 4) is 23.0 Å². The highest BCUT2D eigenvalue weighted by Crippen LogP contribution is 2.32. The number of hydrogen-bond acceptors (Lipinski definition) is 5. The first kappa shape index (κ1) is 16.0. The lowest BCUT2D eigenvalue weighted by Gasteiger charge is -2.25. The Morgan fingerprint density at radius 2 is 2.00 bits per heavy atom. The number of nitrogens with one attached hydrogen (secondary N) is 1. The summed E-state index contributed by atoms with van der Waals surface area (Å²) in [6.45, 7) is 2.60. The zero-order chi connectivity index (χ0) is 16.9. The minimum Gasteiger partial charge on any atom is -0.493 e. The third kappa shape index (κ3) is 3.37. The van der Waals surface area contributed by atoms with Gasteiger partial charge in [0.25, 0.3) is 5.91 Å². The Labute approximate surface area is 140 Å². The monoisotopic (exact) mass is 329 g/mol. The summed E-state index contributed by atoms with van der Waals surface area (Å²) in [4.78, 5) is 12.4. The molecule has 24 heavy (non-hydrogen) atoms. The number of para-hydroxylation sites is 2. The van der Waals surface area contributed by atoms with Gasteiger partial charge < -0.3 is 24.3 Å². The summed E-state index contributed by atoms with van der Waals surface area (Å²) < 4.78 is 22.0. The number of rotatable bonds is 5. The van der Waals surface area contributed by atoms with E-state index in [9.17, 15) is 4.79 Å². The molecule has 2 aromatic rings. The predicted molar refractivity (Wildman–Crippen MR) is 89.1 cm³/mol. The van der Waals surface area contributed by atoms with Crippen LogP contribution in [0.5, 0.6) is 23.0 Å². The Morgan fingerprint density at radius 3 is 2.75 bits per heavy atom. The van der Waals surface area contributed by atoms with E-state index in [-0.39, 0.29) is 12.5 Å². The van der Waals surface area contributed by atoms with Gasteiger partial charge in [-0.05, 0) is 31.2 Å². The molecule has 1 N–H and O–H groups in total. The van der Waals surface area contributed by atoms with Crippen molar-refractivity contribution in [1.82, 2.24) is 0 Å². The van der Waals surface area contributed by atoms with Crippen molar-refractivity contribution in [3.05, 3.63) is 42.5 Å². The van der Waals surface area contributed by atoms with Gasteiger partial charge in [-0.3, -0.25) is 4.79 Å². The molecule has 0 saturated carbocycles. The van der Waals surface area contributed by atoms with Crippen molar-refractivity contribution in [2.24, 2.45) is 0 Å². The largest absolute Gasteiger partial charge is 0.493 e. The number of carbonyl (C=O) groups is 1. The van der Waals surface area contributed by atoms with Gasteiger partial charge in [0.15, 0.2) is 23.0 Å². The van der Waals surface area contributed by atoms with Crippen molar-refractivity contribution >= 4 is 11.6 Å². The maximum Gasteiger partial charge on any atom is 0.269 e. The van der Waals surface area contributed by atoms with Gasteiger partial charge >= 0.3 is 0 Å². The van der Waals surface area contributed by atoms with Crippen LogP contribution in [0, 0.1) is 0 Å². The first-order valence-corrected chi connectivity index (χ1v) is 7.71. The number of carbonyl (C=O) groups excluding carboxylic acids is 1. The molecule has 0 spiro atoms. The van der Waals surface area contributed by atoms with E-state index < -0.39 is 6.10 Å². The van der Waals surface area contributed by atoms with Crippen LogP contribution in [0.15, 0.2) is 42.5 Å². The topological polar surface area (TPSA) is 66.0 Å². The number of benzene rings is 2. The number of anilines is 1. The molecule has 1 atom stereocenters. The Kier molecular flexibility index (Phi) is 4.74. The van der Waals surface area contributed by atoms with Gasteiger partial charge in [-0.25, -0.2) is 0 Å². The summed E-state index contributed by atoms with van der Waals surface area (Å²) in [6, 6.07) is 12.5. The summed E-state index contributed by atoms with van der Waals surface area (Å²) in [5, 5.41) is 2.81. The van der Waals surface area contributed by atoms with Crippen molar-refractivity contribution in [2.45, 2.75) is 13.0 Å². The molecular formula is C18H19NO5. The third-order valence-corrected chi connectivity index (χ3v) is 3.53. The molecule has 1 amide bonds. The number of ether oxygens (including phenoxy) is 4. The van der Waals surface area contributed by atoms with Crippen molar-refractivity contribution in [2.75, 3.05) is 25.6 Å². The lowest BCUT2D eigenvalue weighted by molar-refractivity contribution is -0.125. The van der Waals surface area contributed by atoms with Gasteiger partial charge in [-0.2, -0.15) is 0 Å². The fourth-order valence-electron chi connectivity index (χ4n) is 2.39. The molecule has 1 heterocycles. The third-order valence-electron chi connectivity index (χ3n) is 3.53. The van der Waals surface area contributed by atoms with Crippen LogP contribution in [-0.4, -0.2) is 32.3 Å². The van der Waals surface area contributed by atoms with Crippen LogP contribution in [-0.2, 0) is 4.79 Å². The second kappa shape index (κ2) is 7.12. The molecule has 6 nitrogen and oxygen atoms in total. The van der Waals surface area contributed by atoms with E-state index in [0.717, 1.165) is 0 Å². The van der Waals surface area contributed by atoms with E-state index in [0.29, 0.717) is 35.3 Å². The van der Waals surface area contributed by atoms with Crippen molar-refractivity contribution in [1.29, 1.82) is 0 Å². The zero-order valence-corrected chi connectivity index (χ0v) is 13.6. The summed E-state index contributed by atoms with van der Waals surface area (Å²) in [7, 11) is 1.55. The Morgan fingerprint density at radius 1 is 1.21 bits per heavy atom. The van der Waals surface area contributed by atoms with E-state index in [4.69, 9.17) is 18.9 Å². The fraction of sp³-hybridized carbons (Fsp3) is 0.278. The zero-order valence-electron chi connectivity index (χ0n) is 13.6. The quantitative estimate of drug-likeness (QED) is 0.914. The Hall–Kier alpha value is -2.89. The summed E-state index contributed by atoms with van der Waals surface area (Å²) in [5.74, 6) is 2.11. The highest BCUT2D eigenvalue weighted by atomic mass is 16.6. The minimum atomic E-state index is -0.711. The fourth-order valence-corrected chi connectivity index (χ4v) is 2.39. The molecule has 1 aliphatic rings. The van der Waals surface area contributed by atoms with E-state index in [2.05, 4.69) is 5.32 Å². The van der Waals surface area contributed by atoms with Crippen LogP contribution in [0.2, 0.25) is 0 Å². The van der Waals surface area contributed by atoms with Crippen LogP contribution < -0.4 is 24.3 Å². The first-order valence-electron chi connectivity index (χ1n) is 7.71. The lowest BCUT2D eigenvalue weighted by atomic mass is 10.2. The predicted octanol–water partition coefficient (Wildman–Crippen LogP) is 2.87. The molecule has 0 fully saturated rings. The van der Waals surface area contributed by atoms with Crippen LogP contribution in [0.3, 0.4) is 0 Å². The maximum atomic E-state index is 12.4. The SMILES string of the molecule is CCOc1ccc(NC(=O)[C@H]2COc3ccccc3O2)cc1OC. The molecule has 2 aromatic carbocycles. The molecule has 0 aromatic heterocycles. The van der Waals surface area contributed by atoms with Crippen molar-refractivity contribution in [3.63, 3.8) is 0 Å². The lowest BCUT2D eigenvalue weighted by Crippen LogP contribution is -2.40. The highest BCUT2D eigenvalue weighted by molar-refractivity contribution is 5.95. The molecule has 0 bridgehead atoms. The van der Waals surface area contributed by atoms with E-state index >= 15 is 0 Å². The Balaban J connectivity index is 1.69. The summed E-state index contributed by atoms with van der Waals surface area (Å²) >= 11 is 0. The second-order valence-electron chi connectivity index (χ2n) is 5.15. The molecule has 0 radical (unpaired) electrons. The van der Waals surface area contributed by atoms with E-state index in [1.807, 2.05) is 19.1 Å². The van der Waals surface area contributed by atoms with E-state index in [1.165, 1.54) is 0 Å². The number of methoxy groups -OCH3 is 1. The molecular weight excluding hydrogens is 310 g/mol. The number of fused-ring (bicyclic) bond motifs is 1. The second-order valence-corrected chi connectivity index (χ2v) is 5.15. The van der Waals surface area contributed by atoms with Gasteiger partial charge in [0.1, 0.15) is 6.61 Å². The highest BCUT2D eigenvalue weighted by Gasteiger charge is 2.27. The number of amides is 1. The standard InChI is InChI=1S/C18H19NO5/c1-3-22-14-9-8-12(10-16(14)21-2)19-18(20)17-11-23-13-6-4-5-7-15(13)24-17/h4-10,17H,3,11H2,1-2H3,(H,19,20)/t17-/m1/s1. The molecule has 1 aliphatic heterocycles. The van der Waals surface area contributed by atoms with Crippen molar-refractivity contribution < 1.29 is 23.7 Å². The molecule has 126 valence electrons. The van der Waals surface area contributed by atoms with Crippen LogP contribution >= 0.6 is 0 Å². The molecule has 0 aliphatic carbocycles. The smallest absolute Gasteiger partial charge is 0.269 e. The van der Waals surface area contributed by atoms with Gasteiger partial charge in [-0.1, -0.05) is 12.1 Å². The van der Waals surface area contributed by atoms with Gasteiger partial charge in [0.2, 0.25) is 6.10 Å². The molecule has 6 heteroatoms. The average molecular weight is 329 g/mol. The molecule has 0 saturated heterocycles. The molecule has 0 unspecified atom stereocenters. The average Bonchev–Trinajstić information content (AvgIpc) is 2.62. The summed E-state index contributed by atoms with van der Waals surface area (Å²) in [6.07, 6.45) is -0.711. The first-order chi connectivity index (χ1) is 11.7. The number of hydrogen-bond donors (Lipinski definition) is 1. The van der Waals surface area contributed by atoms with Gasteiger partial charge in [-0.15, -0.1) is 0 Å². The maximum absolute atomic E-state index is 12.4.